The number of carboxylic acids is 1. The summed E-state index contributed by atoms with van der Waals surface area (Å²) in [5.74, 6) is -2.86. The van der Waals surface area contributed by atoms with Crippen LogP contribution < -0.4 is 27.4 Å². The Morgan fingerprint density at radius 3 is 2.00 bits per heavy atom. The third-order valence-electron chi connectivity index (χ3n) is 5.11. The molecule has 0 fully saturated rings. The van der Waals surface area contributed by atoms with Crippen LogP contribution in [0, 0.1) is 5.92 Å². The van der Waals surface area contributed by atoms with Crippen LogP contribution in [0.15, 0.2) is 24.3 Å². The molecule has 34 heavy (non-hydrogen) atoms. The van der Waals surface area contributed by atoms with E-state index in [4.69, 9.17) is 11.5 Å². The van der Waals surface area contributed by atoms with E-state index in [1.165, 1.54) is 12.1 Å². The Labute approximate surface area is 199 Å². The Bertz CT molecular complexity index is 815. The van der Waals surface area contributed by atoms with E-state index in [1.807, 2.05) is 13.8 Å². The van der Waals surface area contributed by atoms with Gasteiger partial charge in [0.15, 0.2) is 0 Å². The van der Waals surface area contributed by atoms with Gasteiger partial charge in [0.1, 0.15) is 23.9 Å². The van der Waals surface area contributed by atoms with Crippen molar-refractivity contribution in [2.45, 2.75) is 64.1 Å². The van der Waals surface area contributed by atoms with Crippen molar-refractivity contribution >= 4 is 23.7 Å². The maximum Gasteiger partial charge on any atom is 0.326 e. The molecule has 0 aliphatic carbocycles. The number of carbonyl (C=O) groups is 4. The zero-order valence-corrected chi connectivity index (χ0v) is 19.8. The van der Waals surface area contributed by atoms with E-state index in [2.05, 4.69) is 16.0 Å². The molecule has 0 saturated carbocycles. The van der Waals surface area contributed by atoms with Gasteiger partial charge in [-0.25, -0.2) is 4.79 Å². The van der Waals surface area contributed by atoms with Crippen LogP contribution in [0.2, 0.25) is 0 Å². The molecular formula is C23H37N5O6. The SMILES string of the molecule is CC(C)CC(NC(=O)C(CCCCN)NC(=O)CN)C(=O)NC(Cc1ccc(O)cc1)C(=O)O. The number of hydrogen-bond donors (Lipinski definition) is 7. The molecule has 11 nitrogen and oxygen atoms in total. The number of unbranched alkanes of at least 4 members (excludes halogenated alkanes) is 1. The average molecular weight is 480 g/mol. The second-order valence-corrected chi connectivity index (χ2v) is 8.57. The highest BCUT2D eigenvalue weighted by Gasteiger charge is 2.30. The molecule has 3 unspecified atom stereocenters. The fraction of sp³-hybridized carbons (Fsp3) is 0.565. The molecule has 0 radical (unpaired) electrons. The standard InChI is InChI=1S/C23H37N5O6/c1-14(2)11-18(27-21(31)17(5-3-4-10-24)26-20(30)13-25)22(32)28-19(23(33)34)12-15-6-8-16(29)9-7-15/h6-9,14,17-19,29H,3-5,10-13,24-25H2,1-2H3,(H,26,30)(H,27,31)(H,28,32)(H,33,34). The number of aromatic hydroxyl groups is 1. The highest BCUT2D eigenvalue weighted by molar-refractivity contribution is 5.93. The molecule has 190 valence electrons. The number of hydrogen-bond acceptors (Lipinski definition) is 7. The van der Waals surface area contributed by atoms with Crippen LogP contribution in [0.5, 0.6) is 5.75 Å². The highest BCUT2D eigenvalue weighted by atomic mass is 16.4. The second-order valence-electron chi connectivity index (χ2n) is 8.57. The molecule has 0 aliphatic heterocycles. The minimum atomic E-state index is -1.24. The maximum absolute atomic E-state index is 13.0. The van der Waals surface area contributed by atoms with Crippen molar-refractivity contribution in [3.8, 4) is 5.75 Å². The van der Waals surface area contributed by atoms with E-state index in [1.54, 1.807) is 12.1 Å². The summed E-state index contributed by atoms with van der Waals surface area (Å²) in [6, 6.07) is 2.86. The second kappa shape index (κ2) is 14.9. The summed E-state index contributed by atoms with van der Waals surface area (Å²) in [4.78, 5) is 49.4. The van der Waals surface area contributed by atoms with Crippen molar-refractivity contribution in [2.24, 2.45) is 17.4 Å². The van der Waals surface area contributed by atoms with Crippen molar-refractivity contribution in [3.05, 3.63) is 29.8 Å². The predicted molar refractivity (Wildman–Crippen MR) is 127 cm³/mol. The quantitative estimate of drug-likeness (QED) is 0.165. The number of benzene rings is 1. The Balaban J connectivity index is 2.95. The van der Waals surface area contributed by atoms with Crippen LogP contribution in [0.1, 0.15) is 45.1 Å². The van der Waals surface area contributed by atoms with Gasteiger partial charge in [0.05, 0.1) is 6.54 Å². The number of carbonyl (C=O) groups excluding carboxylic acids is 3. The molecule has 0 bridgehead atoms. The number of phenolic OH excluding ortho intramolecular Hbond substituents is 1. The first-order chi connectivity index (χ1) is 16.1. The van der Waals surface area contributed by atoms with E-state index < -0.39 is 41.8 Å². The summed E-state index contributed by atoms with van der Waals surface area (Å²) < 4.78 is 0. The molecule has 0 saturated heterocycles. The van der Waals surface area contributed by atoms with Gasteiger partial charge in [-0.1, -0.05) is 26.0 Å². The lowest BCUT2D eigenvalue weighted by Gasteiger charge is -2.25. The first-order valence-electron chi connectivity index (χ1n) is 11.4. The van der Waals surface area contributed by atoms with E-state index in [0.717, 1.165) is 0 Å². The topological polar surface area (TPSA) is 197 Å². The number of carboxylic acid groups (broad SMARTS) is 1. The lowest BCUT2D eigenvalue weighted by Crippen LogP contribution is -2.56. The molecule has 0 spiro atoms. The highest BCUT2D eigenvalue weighted by Crippen LogP contribution is 2.12. The predicted octanol–water partition coefficient (Wildman–Crippen LogP) is -0.392. The number of rotatable bonds is 15. The summed E-state index contributed by atoms with van der Waals surface area (Å²) in [5, 5.41) is 26.7. The minimum absolute atomic E-state index is 0.00201. The molecule has 1 aromatic rings. The van der Waals surface area contributed by atoms with Crippen molar-refractivity contribution in [1.82, 2.24) is 16.0 Å². The Morgan fingerprint density at radius 1 is 0.882 bits per heavy atom. The van der Waals surface area contributed by atoms with Gasteiger partial charge in [-0.15, -0.1) is 0 Å². The fourth-order valence-corrected chi connectivity index (χ4v) is 3.33. The molecule has 1 aromatic carbocycles. The molecule has 9 N–H and O–H groups in total. The van der Waals surface area contributed by atoms with Crippen molar-refractivity contribution in [3.63, 3.8) is 0 Å². The molecule has 11 heteroatoms. The van der Waals surface area contributed by atoms with Crippen LogP contribution >= 0.6 is 0 Å². The van der Waals surface area contributed by atoms with E-state index in [0.29, 0.717) is 31.4 Å². The summed E-state index contributed by atoms with van der Waals surface area (Å²) in [6.07, 6.45) is 1.84. The molecule has 0 heterocycles. The lowest BCUT2D eigenvalue weighted by atomic mass is 10.0. The number of amides is 3. The number of nitrogens with one attached hydrogen (secondary N) is 3. The molecular weight excluding hydrogens is 442 g/mol. The van der Waals surface area contributed by atoms with Gasteiger partial charge in [0, 0.05) is 6.42 Å². The van der Waals surface area contributed by atoms with Crippen molar-refractivity contribution in [2.75, 3.05) is 13.1 Å². The fourth-order valence-electron chi connectivity index (χ4n) is 3.33. The number of nitrogens with two attached hydrogens (primary N) is 2. The maximum atomic E-state index is 13.0. The van der Waals surface area contributed by atoms with Gasteiger partial charge in [-0.3, -0.25) is 14.4 Å². The summed E-state index contributed by atoms with van der Waals surface area (Å²) in [5.41, 5.74) is 11.5. The van der Waals surface area contributed by atoms with E-state index in [9.17, 15) is 29.4 Å². The van der Waals surface area contributed by atoms with Crippen LogP contribution in [-0.2, 0) is 25.6 Å². The molecule has 0 aromatic heterocycles. The third kappa shape index (κ3) is 10.6. The largest absolute Gasteiger partial charge is 0.508 e. The smallest absolute Gasteiger partial charge is 0.326 e. The van der Waals surface area contributed by atoms with Crippen LogP contribution in [0.4, 0.5) is 0 Å². The van der Waals surface area contributed by atoms with Gasteiger partial charge in [0.25, 0.3) is 0 Å². The Morgan fingerprint density at radius 2 is 1.47 bits per heavy atom. The molecule has 0 aliphatic rings. The molecule has 1 rings (SSSR count). The van der Waals surface area contributed by atoms with Gasteiger partial charge in [-0.05, 0) is 55.8 Å². The van der Waals surface area contributed by atoms with Gasteiger partial charge < -0.3 is 37.6 Å². The number of aliphatic carboxylic acids is 1. The van der Waals surface area contributed by atoms with Gasteiger partial charge >= 0.3 is 5.97 Å². The first kappa shape index (κ1) is 28.9. The monoisotopic (exact) mass is 479 g/mol. The van der Waals surface area contributed by atoms with Gasteiger partial charge in [0.2, 0.25) is 17.7 Å². The summed E-state index contributed by atoms with van der Waals surface area (Å²) in [6.45, 7) is 3.89. The zero-order chi connectivity index (χ0) is 25.7. The first-order valence-corrected chi connectivity index (χ1v) is 11.4. The third-order valence-corrected chi connectivity index (χ3v) is 5.11. The van der Waals surface area contributed by atoms with Crippen LogP contribution in [0.25, 0.3) is 0 Å². The van der Waals surface area contributed by atoms with Crippen LogP contribution in [-0.4, -0.2) is 65.1 Å². The van der Waals surface area contributed by atoms with Crippen LogP contribution in [0.3, 0.4) is 0 Å². The lowest BCUT2D eigenvalue weighted by molar-refractivity contribution is -0.142. The van der Waals surface area contributed by atoms with Crippen molar-refractivity contribution < 1.29 is 29.4 Å². The zero-order valence-electron chi connectivity index (χ0n) is 19.8. The minimum Gasteiger partial charge on any atom is -0.508 e. The normalized spacial score (nSPS) is 13.6. The Kier molecular flexibility index (Phi) is 12.6. The Hall–Kier alpha value is -3.18. The number of phenols is 1. The summed E-state index contributed by atoms with van der Waals surface area (Å²) >= 11 is 0. The molecule has 3 amide bonds. The van der Waals surface area contributed by atoms with Crippen molar-refractivity contribution in [1.29, 1.82) is 0 Å². The summed E-state index contributed by atoms with van der Waals surface area (Å²) in [7, 11) is 0. The van der Waals surface area contributed by atoms with E-state index >= 15 is 0 Å². The van der Waals surface area contributed by atoms with Gasteiger partial charge in [-0.2, -0.15) is 0 Å². The molecule has 3 atom stereocenters. The van der Waals surface area contributed by atoms with E-state index in [-0.39, 0.29) is 31.1 Å². The average Bonchev–Trinajstić information content (AvgIpc) is 2.78.